The first-order valence-corrected chi connectivity index (χ1v) is 5.72. The van der Waals surface area contributed by atoms with E-state index in [2.05, 4.69) is 45.0 Å². The summed E-state index contributed by atoms with van der Waals surface area (Å²) in [5, 5.41) is 0. The highest BCUT2D eigenvalue weighted by molar-refractivity contribution is 5.20. The zero-order valence-electron chi connectivity index (χ0n) is 9.72. The predicted molar refractivity (Wildman–Crippen MR) is 63.5 cm³/mol. The molecule has 0 amide bonds. The lowest BCUT2D eigenvalue weighted by molar-refractivity contribution is 0.612. The zero-order valence-corrected chi connectivity index (χ0v) is 9.72. The summed E-state index contributed by atoms with van der Waals surface area (Å²) >= 11 is 0. The van der Waals surface area contributed by atoms with E-state index in [1.807, 2.05) is 0 Å². The molecule has 78 valence electrons. The molecule has 0 heterocycles. The van der Waals surface area contributed by atoms with Gasteiger partial charge in [0.25, 0.3) is 0 Å². The molecule has 0 aliphatic heterocycles. The van der Waals surface area contributed by atoms with Gasteiger partial charge in [-0.1, -0.05) is 68.0 Å². The molecule has 0 spiro atoms. The Morgan fingerprint density at radius 2 is 1.50 bits per heavy atom. The van der Waals surface area contributed by atoms with Crippen molar-refractivity contribution in [3.63, 3.8) is 0 Å². The maximum atomic E-state index is 2.34. The predicted octanol–water partition coefficient (Wildman–Crippen LogP) is 4.50. The second kappa shape index (κ2) is 5.85. The molecule has 1 aromatic rings. The lowest BCUT2D eigenvalue weighted by Gasteiger charge is -1.91. The molecule has 0 heteroatoms. The standard InChI is InChI=1S/C8H10.C6H12/c1-7-4-3-5-8(2)6-7;1-6-4-2-3-5-6/h3-6H,1-2H3;6H,2-5H2,1H3. The Kier molecular flexibility index (Phi) is 4.72. The summed E-state index contributed by atoms with van der Waals surface area (Å²) in [6.07, 6.45) is 5.95. The number of hydrogen-bond donors (Lipinski definition) is 0. The fourth-order valence-corrected chi connectivity index (χ4v) is 1.94. The van der Waals surface area contributed by atoms with Gasteiger partial charge in [0.15, 0.2) is 0 Å². The lowest BCUT2D eigenvalue weighted by Crippen LogP contribution is -1.78. The maximum Gasteiger partial charge on any atom is -0.0398 e. The molecule has 0 saturated heterocycles. The molecular weight excluding hydrogens is 168 g/mol. The largest absolute Gasteiger partial charge is 0.0625 e. The second-order valence-corrected chi connectivity index (χ2v) is 4.55. The van der Waals surface area contributed by atoms with Gasteiger partial charge in [-0.25, -0.2) is 0 Å². The van der Waals surface area contributed by atoms with Crippen molar-refractivity contribution in [2.45, 2.75) is 46.5 Å². The van der Waals surface area contributed by atoms with Crippen LogP contribution in [0.5, 0.6) is 0 Å². The van der Waals surface area contributed by atoms with Crippen LogP contribution in [0.4, 0.5) is 0 Å². The fourth-order valence-electron chi connectivity index (χ4n) is 1.94. The second-order valence-electron chi connectivity index (χ2n) is 4.55. The summed E-state index contributed by atoms with van der Waals surface area (Å²) in [4.78, 5) is 0. The minimum absolute atomic E-state index is 1.05. The first-order valence-electron chi connectivity index (χ1n) is 5.72. The molecule has 1 aromatic carbocycles. The van der Waals surface area contributed by atoms with Crippen molar-refractivity contribution in [2.24, 2.45) is 5.92 Å². The molecule has 0 nitrogen and oxygen atoms in total. The summed E-state index contributed by atoms with van der Waals surface area (Å²) < 4.78 is 0. The van der Waals surface area contributed by atoms with Gasteiger partial charge in [0.1, 0.15) is 0 Å². The van der Waals surface area contributed by atoms with E-state index in [0.29, 0.717) is 0 Å². The number of hydrogen-bond acceptors (Lipinski definition) is 0. The van der Waals surface area contributed by atoms with Crippen molar-refractivity contribution < 1.29 is 0 Å². The molecule has 1 aliphatic carbocycles. The smallest absolute Gasteiger partial charge is 0.0398 e. The third-order valence-electron chi connectivity index (χ3n) is 2.82. The zero-order chi connectivity index (χ0) is 10.4. The van der Waals surface area contributed by atoms with Crippen LogP contribution in [0, 0.1) is 19.8 Å². The van der Waals surface area contributed by atoms with Crippen molar-refractivity contribution in [3.05, 3.63) is 35.4 Å². The Morgan fingerprint density at radius 3 is 1.71 bits per heavy atom. The molecule has 1 aliphatic rings. The van der Waals surface area contributed by atoms with E-state index in [4.69, 9.17) is 0 Å². The molecule has 1 saturated carbocycles. The van der Waals surface area contributed by atoms with Crippen molar-refractivity contribution in [1.82, 2.24) is 0 Å². The Bertz CT molecular complexity index is 239. The van der Waals surface area contributed by atoms with Crippen molar-refractivity contribution in [1.29, 1.82) is 0 Å². The van der Waals surface area contributed by atoms with Gasteiger partial charge in [-0.15, -0.1) is 0 Å². The highest BCUT2D eigenvalue weighted by Gasteiger charge is 2.07. The van der Waals surface area contributed by atoms with Gasteiger partial charge in [0.05, 0.1) is 0 Å². The Morgan fingerprint density at radius 1 is 1.00 bits per heavy atom. The van der Waals surface area contributed by atoms with Gasteiger partial charge >= 0.3 is 0 Å². The lowest BCUT2D eigenvalue weighted by atomic mass is 10.2. The summed E-state index contributed by atoms with van der Waals surface area (Å²) in [7, 11) is 0. The van der Waals surface area contributed by atoms with E-state index >= 15 is 0 Å². The monoisotopic (exact) mass is 190 g/mol. The molecule has 14 heavy (non-hydrogen) atoms. The summed E-state index contributed by atoms with van der Waals surface area (Å²) in [5.41, 5.74) is 2.68. The highest BCUT2D eigenvalue weighted by Crippen LogP contribution is 2.22. The minimum Gasteiger partial charge on any atom is -0.0625 e. The van der Waals surface area contributed by atoms with Crippen LogP contribution in [-0.4, -0.2) is 0 Å². The van der Waals surface area contributed by atoms with Crippen LogP contribution in [0.1, 0.15) is 43.7 Å². The molecule has 0 unspecified atom stereocenters. The summed E-state index contributed by atoms with van der Waals surface area (Å²) in [6, 6.07) is 8.45. The Labute approximate surface area is 88.4 Å². The topological polar surface area (TPSA) is 0 Å². The van der Waals surface area contributed by atoms with Crippen LogP contribution in [0.3, 0.4) is 0 Å². The van der Waals surface area contributed by atoms with Crippen LogP contribution in [0.25, 0.3) is 0 Å². The van der Waals surface area contributed by atoms with Crippen LogP contribution >= 0.6 is 0 Å². The van der Waals surface area contributed by atoms with E-state index < -0.39 is 0 Å². The van der Waals surface area contributed by atoms with Crippen molar-refractivity contribution in [2.75, 3.05) is 0 Å². The van der Waals surface area contributed by atoms with Crippen molar-refractivity contribution >= 4 is 0 Å². The SMILES string of the molecule is CC1CCCC1.Cc1cccc(C)c1. The molecule has 0 aromatic heterocycles. The average molecular weight is 190 g/mol. The van der Waals surface area contributed by atoms with E-state index in [0.717, 1.165) is 5.92 Å². The first kappa shape index (κ1) is 11.3. The number of benzene rings is 1. The minimum atomic E-state index is 1.05. The van der Waals surface area contributed by atoms with Gasteiger partial charge in [0, 0.05) is 0 Å². The van der Waals surface area contributed by atoms with Crippen LogP contribution in [0.15, 0.2) is 24.3 Å². The molecule has 0 bridgehead atoms. The van der Waals surface area contributed by atoms with Gasteiger partial charge in [-0.3, -0.25) is 0 Å². The van der Waals surface area contributed by atoms with Gasteiger partial charge in [0.2, 0.25) is 0 Å². The van der Waals surface area contributed by atoms with Gasteiger partial charge < -0.3 is 0 Å². The third kappa shape index (κ3) is 4.45. The Balaban J connectivity index is 0.000000146. The molecular formula is C14H22. The quantitative estimate of drug-likeness (QED) is 0.565. The normalized spacial score (nSPS) is 16.2. The third-order valence-corrected chi connectivity index (χ3v) is 2.82. The Hall–Kier alpha value is -0.780. The number of aryl methyl sites for hydroxylation is 2. The molecule has 0 radical (unpaired) electrons. The molecule has 0 atom stereocenters. The van der Waals surface area contributed by atoms with E-state index in [9.17, 15) is 0 Å². The van der Waals surface area contributed by atoms with E-state index in [1.54, 1.807) is 0 Å². The fraction of sp³-hybridized carbons (Fsp3) is 0.571. The molecule has 2 rings (SSSR count). The molecule has 0 N–H and O–H groups in total. The highest BCUT2D eigenvalue weighted by atomic mass is 14.1. The van der Waals surface area contributed by atoms with Crippen LogP contribution in [-0.2, 0) is 0 Å². The first-order chi connectivity index (χ1) is 6.68. The van der Waals surface area contributed by atoms with Crippen LogP contribution in [0.2, 0.25) is 0 Å². The average Bonchev–Trinajstić information content (AvgIpc) is 2.56. The van der Waals surface area contributed by atoms with Gasteiger partial charge in [-0.2, -0.15) is 0 Å². The van der Waals surface area contributed by atoms with Crippen LogP contribution < -0.4 is 0 Å². The maximum absolute atomic E-state index is 2.34. The van der Waals surface area contributed by atoms with Crippen molar-refractivity contribution in [3.8, 4) is 0 Å². The van der Waals surface area contributed by atoms with E-state index in [-0.39, 0.29) is 0 Å². The van der Waals surface area contributed by atoms with E-state index in [1.165, 1.54) is 36.8 Å². The summed E-state index contributed by atoms with van der Waals surface area (Å²) in [5.74, 6) is 1.05. The number of rotatable bonds is 0. The summed E-state index contributed by atoms with van der Waals surface area (Å²) in [6.45, 7) is 6.55. The molecule has 1 fully saturated rings. The van der Waals surface area contributed by atoms with Gasteiger partial charge in [-0.05, 0) is 19.8 Å².